The van der Waals surface area contributed by atoms with Crippen molar-refractivity contribution >= 4 is 22.7 Å². The molecule has 2 aromatic heterocycles. The van der Waals surface area contributed by atoms with Crippen molar-refractivity contribution in [2.24, 2.45) is 7.05 Å². The molecule has 4 heteroatoms. The van der Waals surface area contributed by atoms with Crippen molar-refractivity contribution in [3.63, 3.8) is 0 Å². The third-order valence-electron chi connectivity index (χ3n) is 3.05. The van der Waals surface area contributed by atoms with E-state index in [0.29, 0.717) is 0 Å². The van der Waals surface area contributed by atoms with Gasteiger partial charge in [0.25, 0.3) is 0 Å². The summed E-state index contributed by atoms with van der Waals surface area (Å²) < 4.78 is 2.05. The predicted molar refractivity (Wildman–Crippen MR) is 73.0 cm³/mol. The molecule has 3 rings (SSSR count). The van der Waals surface area contributed by atoms with E-state index in [1.807, 2.05) is 44.4 Å². The molecule has 1 N–H and O–H groups in total. The first-order valence-electron chi connectivity index (χ1n) is 5.85. The third-order valence-corrected chi connectivity index (χ3v) is 3.05. The molecule has 0 spiro atoms. The molecule has 90 valence electrons. The van der Waals surface area contributed by atoms with Crippen LogP contribution in [-0.4, -0.2) is 14.5 Å². The minimum Gasteiger partial charge on any atom is -0.325 e. The minimum absolute atomic E-state index is 0.838. The van der Waals surface area contributed by atoms with Crippen LogP contribution in [0.1, 0.15) is 5.56 Å². The number of pyridine rings is 1. The van der Waals surface area contributed by atoms with Crippen LogP contribution in [0.2, 0.25) is 0 Å². The summed E-state index contributed by atoms with van der Waals surface area (Å²) in [5.74, 6) is 0.838. The summed E-state index contributed by atoms with van der Waals surface area (Å²) in [7, 11) is 2.01. The molecule has 1 aromatic carbocycles. The molecule has 0 saturated carbocycles. The molecule has 0 fully saturated rings. The number of imidazole rings is 1. The second kappa shape index (κ2) is 4.14. The molecule has 0 radical (unpaired) electrons. The fraction of sp³-hybridized carbons (Fsp3) is 0.143. The molecule has 0 unspecified atom stereocenters. The fourth-order valence-electron chi connectivity index (χ4n) is 1.99. The number of aryl methyl sites for hydroxylation is 2. The zero-order chi connectivity index (χ0) is 12.5. The number of fused-ring (bicyclic) bond motifs is 1. The molecule has 0 atom stereocenters. The van der Waals surface area contributed by atoms with Crippen molar-refractivity contribution in [1.29, 1.82) is 0 Å². The standard InChI is InChI=1S/C14H14N4/c1-10-9-15-8-7-11(10)16-14-17-12-5-3-4-6-13(12)18(14)2/h3-9H,1-2H3,(H,15,16,17). The van der Waals surface area contributed by atoms with Gasteiger partial charge >= 0.3 is 0 Å². The highest BCUT2D eigenvalue weighted by Crippen LogP contribution is 2.22. The maximum atomic E-state index is 4.58. The molecule has 0 amide bonds. The Morgan fingerprint density at radius 1 is 1.17 bits per heavy atom. The van der Waals surface area contributed by atoms with Crippen LogP contribution in [0.4, 0.5) is 11.6 Å². The third kappa shape index (κ3) is 1.72. The zero-order valence-corrected chi connectivity index (χ0v) is 10.4. The highest BCUT2D eigenvalue weighted by atomic mass is 15.2. The summed E-state index contributed by atoms with van der Waals surface area (Å²) in [6, 6.07) is 10.0. The number of rotatable bonds is 2. The summed E-state index contributed by atoms with van der Waals surface area (Å²) in [6.45, 7) is 2.03. The predicted octanol–water partition coefficient (Wildman–Crippen LogP) is 3.02. The Morgan fingerprint density at radius 3 is 2.78 bits per heavy atom. The molecule has 0 aliphatic heterocycles. The van der Waals surface area contributed by atoms with E-state index < -0.39 is 0 Å². The van der Waals surface area contributed by atoms with Gasteiger partial charge in [0.15, 0.2) is 0 Å². The van der Waals surface area contributed by atoms with E-state index in [9.17, 15) is 0 Å². The zero-order valence-electron chi connectivity index (χ0n) is 10.4. The summed E-state index contributed by atoms with van der Waals surface area (Å²) in [4.78, 5) is 8.66. The summed E-state index contributed by atoms with van der Waals surface area (Å²) in [5.41, 5.74) is 4.24. The highest BCUT2D eigenvalue weighted by Gasteiger charge is 2.07. The van der Waals surface area contributed by atoms with Crippen LogP contribution in [-0.2, 0) is 7.05 Å². The second-order valence-electron chi connectivity index (χ2n) is 4.30. The van der Waals surface area contributed by atoms with Crippen molar-refractivity contribution in [2.45, 2.75) is 6.92 Å². The lowest BCUT2D eigenvalue weighted by molar-refractivity contribution is 0.957. The van der Waals surface area contributed by atoms with Crippen LogP contribution in [0.3, 0.4) is 0 Å². The molecule has 2 heterocycles. The van der Waals surface area contributed by atoms with Crippen molar-refractivity contribution in [1.82, 2.24) is 14.5 Å². The van der Waals surface area contributed by atoms with Gasteiger partial charge in [-0.05, 0) is 30.7 Å². The summed E-state index contributed by atoms with van der Waals surface area (Å²) in [5, 5.41) is 3.34. The van der Waals surface area contributed by atoms with E-state index in [1.54, 1.807) is 6.20 Å². The number of nitrogens with one attached hydrogen (secondary N) is 1. The van der Waals surface area contributed by atoms with Gasteiger partial charge < -0.3 is 9.88 Å². The number of anilines is 2. The number of para-hydroxylation sites is 2. The van der Waals surface area contributed by atoms with Gasteiger partial charge in [-0.3, -0.25) is 4.98 Å². The van der Waals surface area contributed by atoms with E-state index in [0.717, 1.165) is 28.2 Å². The van der Waals surface area contributed by atoms with Gasteiger partial charge in [0.2, 0.25) is 5.95 Å². The number of aromatic nitrogens is 3. The maximum Gasteiger partial charge on any atom is 0.208 e. The van der Waals surface area contributed by atoms with E-state index in [1.165, 1.54) is 0 Å². The van der Waals surface area contributed by atoms with Crippen molar-refractivity contribution in [3.05, 3.63) is 48.3 Å². The summed E-state index contributed by atoms with van der Waals surface area (Å²) >= 11 is 0. The number of hydrogen-bond acceptors (Lipinski definition) is 3. The molecule has 0 saturated heterocycles. The lowest BCUT2D eigenvalue weighted by Crippen LogP contribution is -2.00. The van der Waals surface area contributed by atoms with Crippen LogP contribution >= 0.6 is 0 Å². The Bertz CT molecular complexity index is 700. The number of benzene rings is 1. The van der Waals surface area contributed by atoms with Gasteiger partial charge in [0.05, 0.1) is 11.0 Å². The van der Waals surface area contributed by atoms with Gasteiger partial charge in [-0.25, -0.2) is 4.98 Å². The first-order chi connectivity index (χ1) is 8.75. The Morgan fingerprint density at radius 2 is 2.00 bits per heavy atom. The van der Waals surface area contributed by atoms with Crippen LogP contribution in [0.25, 0.3) is 11.0 Å². The SMILES string of the molecule is Cc1cnccc1Nc1nc2ccccc2n1C. The molecule has 0 bridgehead atoms. The Balaban J connectivity index is 2.06. The summed E-state index contributed by atoms with van der Waals surface area (Å²) in [6.07, 6.45) is 3.61. The maximum absolute atomic E-state index is 4.58. The monoisotopic (exact) mass is 238 g/mol. The van der Waals surface area contributed by atoms with Crippen LogP contribution in [0, 0.1) is 6.92 Å². The fourth-order valence-corrected chi connectivity index (χ4v) is 1.99. The van der Waals surface area contributed by atoms with Gasteiger partial charge in [-0.1, -0.05) is 12.1 Å². The van der Waals surface area contributed by atoms with Crippen LogP contribution in [0.5, 0.6) is 0 Å². The van der Waals surface area contributed by atoms with Gasteiger partial charge in [0, 0.05) is 25.1 Å². The average Bonchev–Trinajstić information content (AvgIpc) is 2.70. The lowest BCUT2D eigenvalue weighted by Gasteiger charge is -2.08. The first kappa shape index (κ1) is 10.8. The second-order valence-corrected chi connectivity index (χ2v) is 4.30. The quantitative estimate of drug-likeness (QED) is 0.746. The topological polar surface area (TPSA) is 42.7 Å². The highest BCUT2D eigenvalue weighted by molar-refractivity contribution is 5.79. The molecule has 4 nitrogen and oxygen atoms in total. The van der Waals surface area contributed by atoms with Gasteiger partial charge in [0.1, 0.15) is 0 Å². The van der Waals surface area contributed by atoms with E-state index in [4.69, 9.17) is 0 Å². The Kier molecular flexibility index (Phi) is 2.48. The van der Waals surface area contributed by atoms with Crippen molar-refractivity contribution < 1.29 is 0 Å². The molecular weight excluding hydrogens is 224 g/mol. The average molecular weight is 238 g/mol. The number of nitrogens with zero attached hydrogens (tertiary/aromatic N) is 3. The molecule has 0 aliphatic carbocycles. The van der Waals surface area contributed by atoms with Crippen molar-refractivity contribution in [3.8, 4) is 0 Å². The van der Waals surface area contributed by atoms with Crippen molar-refractivity contribution in [2.75, 3.05) is 5.32 Å². The normalized spacial score (nSPS) is 10.8. The first-order valence-corrected chi connectivity index (χ1v) is 5.85. The molecule has 0 aliphatic rings. The van der Waals surface area contributed by atoms with Gasteiger partial charge in [-0.2, -0.15) is 0 Å². The number of hydrogen-bond donors (Lipinski definition) is 1. The van der Waals surface area contributed by atoms with E-state index in [-0.39, 0.29) is 0 Å². The Labute approximate surface area is 105 Å². The van der Waals surface area contributed by atoms with Gasteiger partial charge in [-0.15, -0.1) is 0 Å². The smallest absolute Gasteiger partial charge is 0.208 e. The minimum atomic E-state index is 0.838. The molecular formula is C14H14N4. The molecule has 3 aromatic rings. The largest absolute Gasteiger partial charge is 0.325 e. The Hall–Kier alpha value is -2.36. The van der Waals surface area contributed by atoms with E-state index >= 15 is 0 Å². The molecule has 18 heavy (non-hydrogen) atoms. The lowest BCUT2D eigenvalue weighted by atomic mass is 10.2. The van der Waals surface area contributed by atoms with Crippen LogP contribution < -0.4 is 5.32 Å². The van der Waals surface area contributed by atoms with Crippen LogP contribution in [0.15, 0.2) is 42.7 Å². The van der Waals surface area contributed by atoms with E-state index in [2.05, 4.69) is 25.9 Å².